The van der Waals surface area contributed by atoms with E-state index in [0.717, 1.165) is 66.8 Å². The summed E-state index contributed by atoms with van der Waals surface area (Å²) in [5.41, 5.74) is 9.99. The van der Waals surface area contributed by atoms with E-state index in [0.29, 0.717) is 12.8 Å². The molecule has 4 nitrogen and oxygen atoms in total. The van der Waals surface area contributed by atoms with Crippen LogP contribution in [0.4, 0.5) is 0 Å². The van der Waals surface area contributed by atoms with Gasteiger partial charge in [-0.2, -0.15) is 0 Å². The Balaban J connectivity index is 1.20. The van der Waals surface area contributed by atoms with Gasteiger partial charge in [-0.25, -0.2) is 4.98 Å². The first-order valence-corrected chi connectivity index (χ1v) is 16.4. The number of nitrogens with zero attached hydrogens (tertiary/aromatic N) is 3. The standard InChI is InChI=1S/C44H35N3O/c1-29-24-30(2)26-35(25-29)47-41-23-13-12-22-39(41)46-44(47)42-37-20-10-7-16-32(37)27-34(43(42)48)18-8-11-21-38-36-19-9-6-17-33(36)28-40(45-38)31-14-4-3-5-15-31/h3-17,19-20,22-28,48H,18,21H2,1-2H3/b11-8+. The second-order valence-electron chi connectivity index (χ2n) is 12.5. The summed E-state index contributed by atoms with van der Waals surface area (Å²) in [6.07, 6.45) is 5.57. The van der Waals surface area contributed by atoms with Gasteiger partial charge in [-0.3, -0.25) is 9.55 Å². The molecule has 0 saturated heterocycles. The summed E-state index contributed by atoms with van der Waals surface area (Å²) in [6.45, 7) is 4.23. The molecule has 0 atom stereocenters. The number of phenols is 1. The molecule has 6 aromatic carbocycles. The number of aromatic nitrogens is 3. The van der Waals surface area contributed by atoms with Crippen LogP contribution in [0, 0.1) is 13.8 Å². The molecule has 0 unspecified atom stereocenters. The number of para-hydroxylation sites is 2. The van der Waals surface area contributed by atoms with Gasteiger partial charge in [0.1, 0.15) is 11.6 Å². The normalized spacial score (nSPS) is 11.7. The maximum absolute atomic E-state index is 12.1. The van der Waals surface area contributed by atoms with Crippen molar-refractivity contribution in [1.82, 2.24) is 14.5 Å². The number of allylic oxidation sites excluding steroid dienone is 2. The quantitative estimate of drug-likeness (QED) is 0.180. The highest BCUT2D eigenvalue weighted by molar-refractivity contribution is 6.01. The Morgan fingerprint density at radius 2 is 1.27 bits per heavy atom. The van der Waals surface area contributed by atoms with Gasteiger partial charge in [-0.15, -0.1) is 0 Å². The SMILES string of the molecule is Cc1cc(C)cc(-n2c(-c3c(O)c(C/C=C/Cc4nc(-c5ccccc5)cc5ccccc45)cc4ccccc34)nc3ccccc32)c1. The van der Waals surface area contributed by atoms with E-state index in [9.17, 15) is 5.11 Å². The zero-order chi connectivity index (χ0) is 32.6. The highest BCUT2D eigenvalue weighted by atomic mass is 16.3. The third-order valence-corrected chi connectivity index (χ3v) is 9.05. The smallest absolute Gasteiger partial charge is 0.150 e. The molecule has 0 aliphatic carbocycles. The van der Waals surface area contributed by atoms with Crippen LogP contribution in [0.2, 0.25) is 0 Å². The number of benzene rings is 6. The lowest BCUT2D eigenvalue weighted by Gasteiger charge is -2.16. The number of rotatable bonds is 7. The van der Waals surface area contributed by atoms with E-state index in [4.69, 9.17) is 9.97 Å². The van der Waals surface area contributed by atoms with Gasteiger partial charge in [-0.05, 0) is 89.5 Å². The average molecular weight is 622 g/mol. The average Bonchev–Trinajstić information content (AvgIpc) is 3.49. The third-order valence-electron chi connectivity index (χ3n) is 9.05. The molecule has 0 bridgehead atoms. The van der Waals surface area contributed by atoms with Crippen molar-refractivity contribution in [2.75, 3.05) is 0 Å². The maximum atomic E-state index is 12.1. The van der Waals surface area contributed by atoms with Crippen LogP contribution < -0.4 is 0 Å². The fourth-order valence-corrected chi connectivity index (χ4v) is 6.90. The highest BCUT2D eigenvalue weighted by Gasteiger charge is 2.22. The predicted octanol–water partition coefficient (Wildman–Crippen LogP) is 10.7. The molecule has 232 valence electrons. The van der Waals surface area contributed by atoms with Gasteiger partial charge in [0.05, 0.1) is 28.0 Å². The molecule has 2 aromatic heterocycles. The molecular formula is C44H35N3O. The van der Waals surface area contributed by atoms with Crippen molar-refractivity contribution in [3.63, 3.8) is 0 Å². The molecular weight excluding hydrogens is 587 g/mol. The zero-order valence-corrected chi connectivity index (χ0v) is 27.1. The summed E-state index contributed by atoms with van der Waals surface area (Å²) >= 11 is 0. The molecule has 4 heteroatoms. The second-order valence-corrected chi connectivity index (χ2v) is 12.5. The minimum Gasteiger partial charge on any atom is -0.507 e. The van der Waals surface area contributed by atoms with Crippen LogP contribution in [0.25, 0.3) is 60.9 Å². The Hall–Kier alpha value is -6.00. The lowest BCUT2D eigenvalue weighted by atomic mass is 9.96. The van der Waals surface area contributed by atoms with Crippen LogP contribution in [0.5, 0.6) is 5.75 Å². The van der Waals surface area contributed by atoms with E-state index in [2.05, 4.69) is 115 Å². The first-order valence-electron chi connectivity index (χ1n) is 16.4. The Labute approximate surface area is 280 Å². The van der Waals surface area contributed by atoms with E-state index in [1.54, 1.807) is 0 Å². The Morgan fingerprint density at radius 1 is 0.625 bits per heavy atom. The van der Waals surface area contributed by atoms with Crippen LogP contribution in [0.1, 0.15) is 22.4 Å². The number of imidazole rings is 1. The first kappa shape index (κ1) is 29.4. The summed E-state index contributed by atoms with van der Waals surface area (Å²) in [5, 5.41) is 16.4. The molecule has 48 heavy (non-hydrogen) atoms. The molecule has 8 rings (SSSR count). The largest absolute Gasteiger partial charge is 0.507 e. The number of hydrogen-bond acceptors (Lipinski definition) is 3. The fourth-order valence-electron chi connectivity index (χ4n) is 6.90. The number of aromatic hydroxyl groups is 1. The van der Waals surface area contributed by atoms with Gasteiger partial charge in [0.25, 0.3) is 0 Å². The van der Waals surface area contributed by atoms with Crippen LogP contribution in [-0.4, -0.2) is 19.6 Å². The summed E-state index contributed by atoms with van der Waals surface area (Å²) < 4.78 is 2.19. The Morgan fingerprint density at radius 3 is 2.06 bits per heavy atom. The Bertz CT molecular complexity index is 2470. The minimum absolute atomic E-state index is 0.258. The number of phenolic OH excluding ortho intramolecular Hbond substituents is 1. The molecule has 0 radical (unpaired) electrons. The molecule has 0 fully saturated rings. The summed E-state index contributed by atoms with van der Waals surface area (Å²) in [6, 6.07) is 46.0. The lowest BCUT2D eigenvalue weighted by Crippen LogP contribution is -2.01. The molecule has 0 spiro atoms. The topological polar surface area (TPSA) is 50.9 Å². The van der Waals surface area contributed by atoms with Crippen molar-refractivity contribution in [2.45, 2.75) is 26.7 Å². The van der Waals surface area contributed by atoms with Gasteiger partial charge in [0.2, 0.25) is 0 Å². The van der Waals surface area contributed by atoms with Gasteiger partial charge in [-0.1, -0.05) is 109 Å². The van der Waals surface area contributed by atoms with Crippen molar-refractivity contribution in [3.8, 4) is 34.1 Å². The Kier molecular flexibility index (Phi) is 7.54. The van der Waals surface area contributed by atoms with Gasteiger partial charge in [0.15, 0.2) is 0 Å². The van der Waals surface area contributed by atoms with E-state index in [1.165, 1.54) is 16.5 Å². The highest BCUT2D eigenvalue weighted by Crippen LogP contribution is 2.41. The first-order chi connectivity index (χ1) is 23.5. The van der Waals surface area contributed by atoms with Crippen molar-refractivity contribution in [3.05, 3.63) is 168 Å². The second kappa shape index (κ2) is 12.3. The van der Waals surface area contributed by atoms with E-state index < -0.39 is 0 Å². The summed E-state index contributed by atoms with van der Waals surface area (Å²) in [7, 11) is 0. The van der Waals surface area contributed by atoms with E-state index in [1.807, 2.05) is 48.5 Å². The molecule has 8 aromatic rings. The van der Waals surface area contributed by atoms with Gasteiger partial charge in [0, 0.05) is 23.1 Å². The minimum atomic E-state index is 0.258. The van der Waals surface area contributed by atoms with Crippen LogP contribution in [0.15, 0.2) is 146 Å². The van der Waals surface area contributed by atoms with Crippen LogP contribution in [-0.2, 0) is 12.8 Å². The number of hydrogen-bond donors (Lipinski definition) is 1. The maximum Gasteiger partial charge on any atom is 0.150 e. The fraction of sp³-hybridized carbons (Fsp3) is 0.0909. The van der Waals surface area contributed by atoms with Crippen molar-refractivity contribution < 1.29 is 5.11 Å². The number of pyridine rings is 1. The lowest BCUT2D eigenvalue weighted by molar-refractivity contribution is 0.472. The zero-order valence-electron chi connectivity index (χ0n) is 27.1. The predicted molar refractivity (Wildman–Crippen MR) is 199 cm³/mol. The summed E-state index contributed by atoms with van der Waals surface area (Å²) in [4.78, 5) is 10.2. The van der Waals surface area contributed by atoms with E-state index in [-0.39, 0.29) is 5.75 Å². The molecule has 0 saturated carbocycles. The van der Waals surface area contributed by atoms with Gasteiger partial charge >= 0.3 is 0 Å². The number of fused-ring (bicyclic) bond motifs is 3. The van der Waals surface area contributed by atoms with Crippen LogP contribution in [0.3, 0.4) is 0 Å². The summed E-state index contributed by atoms with van der Waals surface area (Å²) in [5.74, 6) is 0.989. The number of aryl methyl sites for hydroxylation is 2. The molecule has 0 aliphatic heterocycles. The van der Waals surface area contributed by atoms with Crippen molar-refractivity contribution >= 4 is 32.6 Å². The van der Waals surface area contributed by atoms with Crippen molar-refractivity contribution in [2.24, 2.45) is 0 Å². The molecule has 0 aliphatic rings. The molecule has 1 N–H and O–H groups in total. The van der Waals surface area contributed by atoms with E-state index >= 15 is 0 Å². The monoisotopic (exact) mass is 621 g/mol. The molecule has 0 amide bonds. The third kappa shape index (κ3) is 5.41. The van der Waals surface area contributed by atoms with Crippen molar-refractivity contribution in [1.29, 1.82) is 0 Å². The van der Waals surface area contributed by atoms with Gasteiger partial charge < -0.3 is 5.11 Å². The van der Waals surface area contributed by atoms with Crippen LogP contribution >= 0.6 is 0 Å². The molecule has 2 heterocycles.